The average molecular weight is 214 g/mol. The summed E-state index contributed by atoms with van der Waals surface area (Å²) >= 11 is 0. The van der Waals surface area contributed by atoms with E-state index < -0.39 is 8.32 Å². The van der Waals surface area contributed by atoms with E-state index in [1.165, 1.54) is 0 Å². The lowest BCUT2D eigenvalue weighted by molar-refractivity contribution is 0.239. The fourth-order valence-electron chi connectivity index (χ4n) is 0.607. The highest BCUT2D eigenvalue weighted by molar-refractivity contribution is 6.74. The zero-order valence-corrected chi connectivity index (χ0v) is 11.2. The SMILES string of the molecule is COCC#CCO[Si](C)(C)C(C)(C)C. The summed E-state index contributed by atoms with van der Waals surface area (Å²) < 4.78 is 10.7. The Morgan fingerprint density at radius 3 is 2.00 bits per heavy atom. The van der Waals surface area contributed by atoms with Crippen LogP contribution >= 0.6 is 0 Å². The van der Waals surface area contributed by atoms with Crippen LogP contribution in [-0.4, -0.2) is 28.6 Å². The summed E-state index contributed by atoms with van der Waals surface area (Å²) in [6.45, 7) is 12.1. The van der Waals surface area contributed by atoms with E-state index >= 15 is 0 Å². The summed E-state index contributed by atoms with van der Waals surface area (Å²) in [5, 5.41) is 0.260. The molecule has 14 heavy (non-hydrogen) atoms. The van der Waals surface area contributed by atoms with Crippen molar-refractivity contribution in [3.05, 3.63) is 0 Å². The second kappa shape index (κ2) is 5.55. The minimum atomic E-state index is -1.61. The maximum Gasteiger partial charge on any atom is 0.193 e. The van der Waals surface area contributed by atoms with E-state index in [4.69, 9.17) is 9.16 Å². The summed E-state index contributed by atoms with van der Waals surface area (Å²) in [6, 6.07) is 0. The number of ether oxygens (including phenoxy) is 1. The molecule has 0 unspecified atom stereocenters. The standard InChI is InChI=1S/C11H22O2Si/c1-11(2,3)14(5,6)13-10-8-7-9-12-4/h9-10H2,1-6H3. The number of hydrogen-bond donors (Lipinski definition) is 0. The van der Waals surface area contributed by atoms with Gasteiger partial charge >= 0.3 is 0 Å². The minimum Gasteiger partial charge on any atom is -0.406 e. The van der Waals surface area contributed by atoms with Gasteiger partial charge in [-0.3, -0.25) is 0 Å². The lowest BCUT2D eigenvalue weighted by Gasteiger charge is -2.35. The molecule has 0 heterocycles. The average Bonchev–Trinajstić information content (AvgIpc) is 2.02. The van der Waals surface area contributed by atoms with Crippen molar-refractivity contribution in [2.75, 3.05) is 20.3 Å². The highest BCUT2D eigenvalue weighted by Gasteiger charge is 2.36. The first-order valence-corrected chi connectivity index (χ1v) is 7.81. The van der Waals surface area contributed by atoms with Crippen LogP contribution in [0.5, 0.6) is 0 Å². The molecular weight excluding hydrogens is 192 g/mol. The van der Waals surface area contributed by atoms with Crippen LogP contribution in [0.3, 0.4) is 0 Å². The second-order valence-corrected chi connectivity index (χ2v) is 9.64. The van der Waals surface area contributed by atoms with Crippen LogP contribution in [0.15, 0.2) is 0 Å². The summed E-state index contributed by atoms with van der Waals surface area (Å²) in [5.74, 6) is 5.84. The summed E-state index contributed by atoms with van der Waals surface area (Å²) in [5.41, 5.74) is 0. The molecule has 0 radical (unpaired) electrons. The van der Waals surface area contributed by atoms with E-state index in [2.05, 4.69) is 45.7 Å². The van der Waals surface area contributed by atoms with Crippen LogP contribution in [0.4, 0.5) is 0 Å². The molecule has 0 aliphatic heterocycles. The molecule has 0 atom stereocenters. The zero-order valence-electron chi connectivity index (χ0n) is 10.2. The lowest BCUT2D eigenvalue weighted by Crippen LogP contribution is -2.40. The number of methoxy groups -OCH3 is 1. The molecule has 3 heteroatoms. The molecular formula is C11H22O2Si. The van der Waals surface area contributed by atoms with E-state index in [-0.39, 0.29) is 5.04 Å². The molecule has 0 aromatic rings. The maximum atomic E-state index is 5.85. The first kappa shape index (κ1) is 13.7. The van der Waals surface area contributed by atoms with E-state index in [1.807, 2.05) is 0 Å². The fourth-order valence-corrected chi connectivity index (χ4v) is 1.47. The molecule has 0 aromatic carbocycles. The van der Waals surface area contributed by atoms with Crippen LogP contribution in [0.25, 0.3) is 0 Å². The highest BCUT2D eigenvalue weighted by Crippen LogP contribution is 2.36. The van der Waals surface area contributed by atoms with Gasteiger partial charge in [-0.1, -0.05) is 32.6 Å². The first-order valence-electron chi connectivity index (χ1n) is 4.90. The van der Waals surface area contributed by atoms with Crippen LogP contribution in [0, 0.1) is 11.8 Å². The van der Waals surface area contributed by atoms with Gasteiger partial charge in [0.05, 0.1) is 6.61 Å². The third kappa shape index (κ3) is 4.80. The molecule has 0 saturated carbocycles. The van der Waals surface area contributed by atoms with E-state index in [1.54, 1.807) is 7.11 Å². The topological polar surface area (TPSA) is 18.5 Å². The van der Waals surface area contributed by atoms with Crippen LogP contribution in [-0.2, 0) is 9.16 Å². The quantitative estimate of drug-likeness (QED) is 0.531. The van der Waals surface area contributed by atoms with Gasteiger partial charge in [0.1, 0.15) is 6.61 Å². The molecule has 82 valence electrons. The Kier molecular flexibility index (Phi) is 5.43. The molecule has 0 spiro atoms. The van der Waals surface area contributed by atoms with Crippen LogP contribution in [0.2, 0.25) is 18.1 Å². The lowest BCUT2D eigenvalue weighted by atomic mass is 10.2. The van der Waals surface area contributed by atoms with Gasteiger partial charge in [0.2, 0.25) is 0 Å². The third-order valence-corrected chi connectivity index (χ3v) is 7.13. The Bertz CT molecular complexity index is 218. The van der Waals surface area contributed by atoms with E-state index in [0.717, 1.165) is 0 Å². The summed E-state index contributed by atoms with van der Waals surface area (Å²) in [7, 11) is 0.0338. The van der Waals surface area contributed by atoms with Crippen molar-refractivity contribution in [2.24, 2.45) is 0 Å². The van der Waals surface area contributed by atoms with Crippen molar-refractivity contribution in [1.29, 1.82) is 0 Å². The highest BCUT2D eigenvalue weighted by atomic mass is 28.4. The van der Waals surface area contributed by atoms with Crippen molar-refractivity contribution in [1.82, 2.24) is 0 Å². The van der Waals surface area contributed by atoms with Crippen molar-refractivity contribution in [3.63, 3.8) is 0 Å². The third-order valence-electron chi connectivity index (χ3n) is 2.65. The Morgan fingerprint density at radius 2 is 1.57 bits per heavy atom. The van der Waals surface area contributed by atoms with Crippen LogP contribution in [0.1, 0.15) is 20.8 Å². The predicted molar refractivity (Wildman–Crippen MR) is 62.8 cm³/mol. The second-order valence-electron chi connectivity index (χ2n) is 4.84. The van der Waals surface area contributed by atoms with Crippen molar-refractivity contribution >= 4 is 8.32 Å². The predicted octanol–water partition coefficient (Wildman–Crippen LogP) is 2.66. The van der Waals surface area contributed by atoms with Gasteiger partial charge in [0.15, 0.2) is 8.32 Å². The van der Waals surface area contributed by atoms with Gasteiger partial charge < -0.3 is 9.16 Å². The van der Waals surface area contributed by atoms with E-state index in [9.17, 15) is 0 Å². The molecule has 0 aromatic heterocycles. The van der Waals surface area contributed by atoms with Gasteiger partial charge in [-0.15, -0.1) is 0 Å². The van der Waals surface area contributed by atoms with Gasteiger partial charge in [-0.05, 0) is 18.1 Å². The normalized spacial score (nSPS) is 12.1. The van der Waals surface area contributed by atoms with Crippen molar-refractivity contribution in [2.45, 2.75) is 38.9 Å². The Hall–Kier alpha value is -0.303. The number of rotatable bonds is 3. The Labute approximate surface area is 89.1 Å². The van der Waals surface area contributed by atoms with Gasteiger partial charge in [-0.2, -0.15) is 0 Å². The molecule has 0 amide bonds. The fraction of sp³-hybridized carbons (Fsp3) is 0.818. The van der Waals surface area contributed by atoms with Gasteiger partial charge in [0, 0.05) is 7.11 Å². The molecule has 0 fully saturated rings. The van der Waals surface area contributed by atoms with Crippen LogP contribution < -0.4 is 0 Å². The summed E-state index contributed by atoms with van der Waals surface area (Å²) in [6.07, 6.45) is 0. The molecule has 0 rings (SSSR count). The molecule has 2 nitrogen and oxygen atoms in total. The van der Waals surface area contributed by atoms with Crippen molar-refractivity contribution in [3.8, 4) is 11.8 Å². The maximum absolute atomic E-state index is 5.85. The molecule has 0 aliphatic carbocycles. The summed E-state index contributed by atoms with van der Waals surface area (Å²) in [4.78, 5) is 0. The Balaban J connectivity index is 3.97. The monoisotopic (exact) mass is 214 g/mol. The molecule has 0 saturated heterocycles. The smallest absolute Gasteiger partial charge is 0.193 e. The molecule has 0 aliphatic rings. The van der Waals surface area contributed by atoms with E-state index in [0.29, 0.717) is 13.2 Å². The first-order chi connectivity index (χ1) is 6.31. The number of hydrogen-bond acceptors (Lipinski definition) is 2. The molecule has 0 bridgehead atoms. The minimum absolute atomic E-state index is 0.260. The van der Waals surface area contributed by atoms with Gasteiger partial charge in [0.25, 0.3) is 0 Å². The molecule has 0 N–H and O–H groups in total. The largest absolute Gasteiger partial charge is 0.406 e. The van der Waals surface area contributed by atoms with Gasteiger partial charge in [-0.25, -0.2) is 0 Å². The van der Waals surface area contributed by atoms with Crippen molar-refractivity contribution < 1.29 is 9.16 Å². The Morgan fingerprint density at radius 1 is 1.07 bits per heavy atom. The zero-order chi connectivity index (χ0) is 11.2.